The molecular weight excluding hydrogens is 284 g/mol. The lowest BCUT2D eigenvalue weighted by atomic mass is 9.78. The Bertz CT molecular complexity index is 503. The quantitative estimate of drug-likeness (QED) is 0.917. The average Bonchev–Trinajstić information content (AvgIpc) is 2.53. The van der Waals surface area contributed by atoms with Gasteiger partial charge in [-0.1, -0.05) is 36.6 Å². The van der Waals surface area contributed by atoms with Crippen LogP contribution < -0.4 is 5.32 Å². The number of rotatable bonds is 3. The van der Waals surface area contributed by atoms with Gasteiger partial charge in [-0.05, 0) is 43.7 Å². The molecule has 1 aliphatic carbocycles. The number of nitrogens with one attached hydrogen (secondary N) is 1. The van der Waals surface area contributed by atoms with E-state index in [9.17, 15) is 4.79 Å². The van der Waals surface area contributed by atoms with Crippen molar-refractivity contribution in [1.29, 1.82) is 0 Å². The summed E-state index contributed by atoms with van der Waals surface area (Å²) in [6, 6.07) is 8.05. The molecular formula is C17H23ClN2O. The average molecular weight is 307 g/mol. The monoisotopic (exact) mass is 306 g/mol. The van der Waals surface area contributed by atoms with Gasteiger partial charge in [0.25, 0.3) is 0 Å². The van der Waals surface area contributed by atoms with Crippen LogP contribution in [0.3, 0.4) is 0 Å². The van der Waals surface area contributed by atoms with Crippen molar-refractivity contribution in [2.24, 2.45) is 5.92 Å². The van der Waals surface area contributed by atoms with E-state index in [1.807, 2.05) is 24.3 Å². The molecule has 0 bridgehead atoms. The predicted molar refractivity (Wildman–Crippen MR) is 86.6 cm³/mol. The molecule has 1 aromatic carbocycles. The molecule has 1 amide bonds. The fourth-order valence-corrected chi connectivity index (χ4v) is 4.01. The lowest BCUT2D eigenvalue weighted by Crippen LogP contribution is -2.51. The molecule has 2 unspecified atom stereocenters. The maximum atomic E-state index is 12.6. The molecule has 2 fully saturated rings. The normalized spacial score (nSPS) is 25.3. The number of piperidine rings is 1. The minimum Gasteiger partial charge on any atom is -0.375 e. The summed E-state index contributed by atoms with van der Waals surface area (Å²) in [5.74, 6) is 0.947. The molecule has 2 aliphatic rings. The highest BCUT2D eigenvalue weighted by Gasteiger charge is 2.35. The highest BCUT2D eigenvalue weighted by atomic mass is 35.5. The molecule has 1 N–H and O–H groups in total. The van der Waals surface area contributed by atoms with E-state index in [1.165, 1.54) is 32.1 Å². The van der Waals surface area contributed by atoms with Gasteiger partial charge in [0.15, 0.2) is 0 Å². The Hall–Kier alpha value is -1.22. The van der Waals surface area contributed by atoms with Gasteiger partial charge in [-0.15, -0.1) is 0 Å². The Balaban J connectivity index is 1.60. The molecule has 1 heterocycles. The van der Waals surface area contributed by atoms with Gasteiger partial charge in [0.1, 0.15) is 0 Å². The van der Waals surface area contributed by atoms with Crippen LogP contribution in [0.5, 0.6) is 0 Å². The summed E-state index contributed by atoms with van der Waals surface area (Å²) in [4.78, 5) is 14.7. The molecule has 114 valence electrons. The number of benzene rings is 1. The van der Waals surface area contributed by atoms with Gasteiger partial charge in [-0.25, -0.2) is 0 Å². The van der Waals surface area contributed by atoms with Gasteiger partial charge >= 0.3 is 0 Å². The number of para-hydroxylation sites is 1. The second kappa shape index (κ2) is 6.69. The van der Waals surface area contributed by atoms with E-state index >= 15 is 0 Å². The van der Waals surface area contributed by atoms with Crippen LogP contribution >= 0.6 is 11.6 Å². The SMILES string of the molecule is O=C(CNc1ccccc1Cl)N1CCCC2CCCCC21. The van der Waals surface area contributed by atoms with Crippen molar-refractivity contribution in [1.82, 2.24) is 4.90 Å². The number of hydrogen-bond donors (Lipinski definition) is 1. The summed E-state index contributed by atoms with van der Waals surface area (Å²) in [6.07, 6.45) is 7.53. The van der Waals surface area contributed by atoms with Crippen LogP contribution in [0.25, 0.3) is 0 Å². The van der Waals surface area contributed by atoms with Gasteiger partial charge in [0.05, 0.1) is 17.3 Å². The van der Waals surface area contributed by atoms with Crippen molar-refractivity contribution in [2.75, 3.05) is 18.4 Å². The summed E-state index contributed by atoms with van der Waals surface area (Å²) in [5, 5.41) is 3.85. The molecule has 1 aliphatic heterocycles. The standard InChI is InChI=1S/C17H23ClN2O/c18-14-8-2-3-9-15(14)19-12-17(21)20-11-5-7-13-6-1-4-10-16(13)20/h2-3,8-9,13,16,19H,1,4-7,10-12H2. The van der Waals surface area contributed by atoms with Crippen molar-refractivity contribution in [3.8, 4) is 0 Å². The number of anilines is 1. The summed E-state index contributed by atoms with van der Waals surface area (Å²) < 4.78 is 0. The van der Waals surface area contributed by atoms with Gasteiger partial charge in [0, 0.05) is 12.6 Å². The molecule has 0 radical (unpaired) electrons. The van der Waals surface area contributed by atoms with Crippen LogP contribution in [0, 0.1) is 5.92 Å². The zero-order chi connectivity index (χ0) is 14.7. The maximum absolute atomic E-state index is 12.6. The summed E-state index contributed by atoms with van der Waals surface area (Å²) in [6.45, 7) is 1.26. The van der Waals surface area contributed by atoms with Gasteiger partial charge in [0.2, 0.25) is 5.91 Å². The minimum atomic E-state index is 0.214. The highest BCUT2D eigenvalue weighted by Crippen LogP contribution is 2.35. The molecule has 3 rings (SSSR count). The molecule has 4 heteroatoms. The molecule has 1 saturated heterocycles. The number of nitrogens with zero attached hydrogens (tertiary/aromatic N) is 1. The van der Waals surface area contributed by atoms with Crippen molar-refractivity contribution in [2.45, 2.75) is 44.6 Å². The first-order valence-electron chi connectivity index (χ1n) is 8.03. The van der Waals surface area contributed by atoms with Gasteiger partial charge < -0.3 is 10.2 Å². The first-order chi connectivity index (χ1) is 10.3. The molecule has 3 nitrogen and oxygen atoms in total. The van der Waals surface area contributed by atoms with Crippen molar-refractivity contribution >= 4 is 23.2 Å². The van der Waals surface area contributed by atoms with Crippen LogP contribution in [0.1, 0.15) is 38.5 Å². The Morgan fingerprint density at radius 2 is 1.95 bits per heavy atom. The molecule has 0 spiro atoms. The Labute approximate surface area is 131 Å². The third-order valence-electron chi connectivity index (χ3n) is 4.87. The Morgan fingerprint density at radius 3 is 2.81 bits per heavy atom. The van der Waals surface area contributed by atoms with Crippen LogP contribution in [-0.4, -0.2) is 29.9 Å². The number of carbonyl (C=O) groups is 1. The fourth-order valence-electron chi connectivity index (χ4n) is 3.81. The number of fused-ring (bicyclic) bond motifs is 1. The second-order valence-electron chi connectivity index (χ2n) is 6.17. The largest absolute Gasteiger partial charge is 0.375 e. The summed E-state index contributed by atoms with van der Waals surface area (Å²) in [5.41, 5.74) is 0.838. The van der Waals surface area contributed by atoms with E-state index < -0.39 is 0 Å². The number of likely N-dealkylation sites (tertiary alicyclic amines) is 1. The maximum Gasteiger partial charge on any atom is 0.242 e. The summed E-state index contributed by atoms with van der Waals surface area (Å²) >= 11 is 6.12. The third-order valence-corrected chi connectivity index (χ3v) is 5.20. The zero-order valence-corrected chi connectivity index (χ0v) is 13.1. The number of carbonyl (C=O) groups excluding carboxylic acids is 1. The van der Waals surface area contributed by atoms with E-state index in [0.717, 1.165) is 24.6 Å². The van der Waals surface area contributed by atoms with Crippen LogP contribution in [-0.2, 0) is 4.79 Å². The lowest BCUT2D eigenvalue weighted by molar-refractivity contribution is -0.135. The number of amides is 1. The highest BCUT2D eigenvalue weighted by molar-refractivity contribution is 6.33. The topological polar surface area (TPSA) is 32.3 Å². The second-order valence-corrected chi connectivity index (χ2v) is 6.58. The van der Waals surface area contributed by atoms with E-state index in [4.69, 9.17) is 11.6 Å². The smallest absolute Gasteiger partial charge is 0.242 e. The third kappa shape index (κ3) is 3.34. The van der Waals surface area contributed by atoms with E-state index in [1.54, 1.807) is 0 Å². The first kappa shape index (κ1) is 14.7. The molecule has 1 aromatic rings. The van der Waals surface area contributed by atoms with Crippen molar-refractivity contribution < 1.29 is 4.79 Å². The molecule has 21 heavy (non-hydrogen) atoms. The predicted octanol–water partition coefficient (Wildman–Crippen LogP) is 3.93. The van der Waals surface area contributed by atoms with Crippen LogP contribution in [0.4, 0.5) is 5.69 Å². The Kier molecular flexibility index (Phi) is 4.69. The van der Waals surface area contributed by atoms with Crippen molar-refractivity contribution in [3.63, 3.8) is 0 Å². The lowest BCUT2D eigenvalue weighted by Gasteiger charge is -2.44. The van der Waals surface area contributed by atoms with Crippen molar-refractivity contribution in [3.05, 3.63) is 29.3 Å². The number of halogens is 1. The molecule has 1 saturated carbocycles. The van der Waals surface area contributed by atoms with Crippen LogP contribution in [0.15, 0.2) is 24.3 Å². The van der Waals surface area contributed by atoms with Gasteiger partial charge in [-0.2, -0.15) is 0 Å². The molecule has 0 aromatic heterocycles. The Morgan fingerprint density at radius 1 is 1.19 bits per heavy atom. The fraction of sp³-hybridized carbons (Fsp3) is 0.588. The minimum absolute atomic E-state index is 0.214. The first-order valence-corrected chi connectivity index (χ1v) is 8.41. The molecule has 2 atom stereocenters. The van der Waals surface area contributed by atoms with Crippen LogP contribution in [0.2, 0.25) is 5.02 Å². The van der Waals surface area contributed by atoms with E-state index in [0.29, 0.717) is 17.6 Å². The van der Waals surface area contributed by atoms with E-state index in [-0.39, 0.29) is 5.91 Å². The summed E-state index contributed by atoms with van der Waals surface area (Å²) in [7, 11) is 0. The van der Waals surface area contributed by atoms with E-state index in [2.05, 4.69) is 10.2 Å². The number of hydrogen-bond acceptors (Lipinski definition) is 2. The van der Waals surface area contributed by atoms with Gasteiger partial charge in [-0.3, -0.25) is 4.79 Å². The zero-order valence-electron chi connectivity index (χ0n) is 12.4.